The zero-order valence-electron chi connectivity index (χ0n) is 14.4. The summed E-state index contributed by atoms with van der Waals surface area (Å²) in [5.74, 6) is -0.284. The molecule has 5 nitrogen and oxygen atoms in total. The summed E-state index contributed by atoms with van der Waals surface area (Å²) in [6.07, 6.45) is 7.83. The fraction of sp³-hybridized carbons (Fsp3) is 0.667. The average molecular weight is 351 g/mol. The van der Waals surface area contributed by atoms with E-state index in [9.17, 15) is 9.59 Å². The summed E-state index contributed by atoms with van der Waals surface area (Å²) in [4.78, 5) is 27.4. The number of likely N-dealkylation sites (tertiary alicyclic amines) is 1. The molecule has 0 aromatic carbocycles. The van der Waals surface area contributed by atoms with E-state index in [2.05, 4.69) is 5.32 Å². The number of quaternary nitrogens is 1. The first-order chi connectivity index (χ1) is 11.7. The number of piperidine rings is 1. The molecule has 2 heterocycles. The summed E-state index contributed by atoms with van der Waals surface area (Å²) in [5.41, 5.74) is 1.71. The third kappa shape index (κ3) is 3.98. The van der Waals surface area contributed by atoms with Crippen LogP contribution in [-0.4, -0.2) is 38.1 Å². The van der Waals surface area contributed by atoms with Crippen molar-refractivity contribution in [3.63, 3.8) is 0 Å². The second-order valence-electron chi connectivity index (χ2n) is 6.67. The molecule has 0 saturated carbocycles. The lowest BCUT2D eigenvalue weighted by Gasteiger charge is -2.22. The van der Waals surface area contributed by atoms with Gasteiger partial charge in [-0.15, -0.1) is 11.3 Å². The maximum atomic E-state index is 12.4. The molecule has 0 spiro atoms. The molecule has 0 bridgehead atoms. The number of thiophene rings is 1. The van der Waals surface area contributed by atoms with Gasteiger partial charge in [-0.2, -0.15) is 0 Å². The quantitative estimate of drug-likeness (QED) is 0.796. The van der Waals surface area contributed by atoms with Crippen molar-refractivity contribution < 1.29 is 19.2 Å². The largest absolute Gasteiger partial charge is 0.462 e. The van der Waals surface area contributed by atoms with Crippen molar-refractivity contribution >= 4 is 28.2 Å². The van der Waals surface area contributed by atoms with Crippen molar-refractivity contribution in [2.24, 2.45) is 0 Å². The second-order valence-corrected chi connectivity index (χ2v) is 7.78. The molecule has 2 aliphatic rings. The molecule has 24 heavy (non-hydrogen) atoms. The molecular weight excluding hydrogens is 324 g/mol. The molecule has 0 unspecified atom stereocenters. The number of nitrogens with one attached hydrogen (secondary N) is 2. The third-order valence-corrected chi connectivity index (χ3v) is 6.08. The van der Waals surface area contributed by atoms with Gasteiger partial charge in [0.1, 0.15) is 5.00 Å². The van der Waals surface area contributed by atoms with Crippen LogP contribution in [-0.2, 0) is 22.4 Å². The van der Waals surface area contributed by atoms with Crippen LogP contribution in [0.5, 0.6) is 0 Å². The number of hydrogen-bond acceptors (Lipinski definition) is 4. The van der Waals surface area contributed by atoms with Gasteiger partial charge in [-0.05, 0) is 57.4 Å². The number of esters is 1. The monoisotopic (exact) mass is 351 g/mol. The van der Waals surface area contributed by atoms with Crippen LogP contribution in [0.1, 0.15) is 59.8 Å². The van der Waals surface area contributed by atoms with E-state index in [4.69, 9.17) is 4.74 Å². The number of anilines is 1. The Hall–Kier alpha value is -1.40. The predicted octanol–water partition coefficient (Wildman–Crippen LogP) is 1.81. The Balaban J connectivity index is 1.75. The second kappa shape index (κ2) is 8.12. The van der Waals surface area contributed by atoms with Crippen molar-refractivity contribution in [1.29, 1.82) is 0 Å². The van der Waals surface area contributed by atoms with Gasteiger partial charge >= 0.3 is 5.97 Å². The Bertz CT molecular complexity index is 606. The molecule has 1 aromatic rings. The molecule has 1 fully saturated rings. The van der Waals surface area contributed by atoms with E-state index in [0.29, 0.717) is 23.7 Å². The Morgan fingerprint density at radius 1 is 1.12 bits per heavy atom. The lowest BCUT2D eigenvalue weighted by molar-refractivity contribution is -0.896. The maximum Gasteiger partial charge on any atom is 0.341 e. The van der Waals surface area contributed by atoms with Crippen LogP contribution in [0.4, 0.5) is 5.00 Å². The Morgan fingerprint density at radius 3 is 2.62 bits per heavy atom. The molecule has 6 heteroatoms. The number of carbonyl (C=O) groups excluding carboxylic acids is 2. The predicted molar refractivity (Wildman–Crippen MR) is 95.0 cm³/mol. The fourth-order valence-electron chi connectivity index (χ4n) is 3.70. The maximum absolute atomic E-state index is 12.4. The lowest BCUT2D eigenvalue weighted by Crippen LogP contribution is -3.13. The van der Waals surface area contributed by atoms with Gasteiger partial charge in [0.25, 0.3) is 5.91 Å². The number of rotatable bonds is 5. The van der Waals surface area contributed by atoms with E-state index >= 15 is 0 Å². The lowest BCUT2D eigenvalue weighted by atomic mass is 9.95. The number of amides is 1. The van der Waals surface area contributed by atoms with Crippen LogP contribution in [0.3, 0.4) is 0 Å². The van der Waals surface area contributed by atoms with Gasteiger partial charge in [0.05, 0.1) is 25.3 Å². The van der Waals surface area contributed by atoms with Gasteiger partial charge < -0.3 is 15.0 Å². The van der Waals surface area contributed by atoms with Gasteiger partial charge in [-0.25, -0.2) is 4.79 Å². The van der Waals surface area contributed by atoms with Crippen LogP contribution >= 0.6 is 11.3 Å². The first-order valence-corrected chi connectivity index (χ1v) is 9.95. The SMILES string of the molecule is CCOC(=O)c1c(NC(=O)C[NH+]2CCCCC2)sc2c1CCCC2. The summed E-state index contributed by atoms with van der Waals surface area (Å²) in [5, 5.41) is 3.71. The smallest absolute Gasteiger partial charge is 0.341 e. The van der Waals surface area contributed by atoms with Crippen molar-refractivity contribution in [3.8, 4) is 0 Å². The summed E-state index contributed by atoms with van der Waals surface area (Å²) < 4.78 is 5.24. The summed E-state index contributed by atoms with van der Waals surface area (Å²) in [6, 6.07) is 0. The highest BCUT2D eigenvalue weighted by Gasteiger charge is 2.28. The van der Waals surface area contributed by atoms with Crippen molar-refractivity contribution in [2.45, 2.75) is 51.9 Å². The van der Waals surface area contributed by atoms with Crippen molar-refractivity contribution in [3.05, 3.63) is 16.0 Å². The first-order valence-electron chi connectivity index (χ1n) is 9.14. The molecule has 1 aliphatic heterocycles. The molecule has 2 N–H and O–H groups in total. The minimum Gasteiger partial charge on any atom is -0.462 e. The number of aryl methyl sites for hydroxylation is 1. The summed E-state index contributed by atoms with van der Waals surface area (Å²) >= 11 is 1.56. The molecule has 3 rings (SSSR count). The van der Waals surface area contributed by atoms with Crippen LogP contribution < -0.4 is 10.2 Å². The summed E-state index contributed by atoms with van der Waals surface area (Å²) in [6.45, 7) is 4.80. The summed E-state index contributed by atoms with van der Waals surface area (Å²) in [7, 11) is 0. The van der Waals surface area contributed by atoms with Crippen LogP contribution in [0.15, 0.2) is 0 Å². The van der Waals surface area contributed by atoms with E-state index in [-0.39, 0.29) is 11.9 Å². The first kappa shape index (κ1) is 17.4. The molecule has 1 aromatic heterocycles. The van der Waals surface area contributed by atoms with Gasteiger partial charge in [0.15, 0.2) is 6.54 Å². The van der Waals surface area contributed by atoms with Gasteiger partial charge in [0, 0.05) is 4.88 Å². The Kier molecular flexibility index (Phi) is 5.89. The molecule has 0 radical (unpaired) electrons. The number of ether oxygens (including phenoxy) is 1. The molecule has 1 amide bonds. The van der Waals surface area contributed by atoms with Crippen molar-refractivity contribution in [1.82, 2.24) is 0 Å². The number of fused-ring (bicyclic) bond motifs is 1. The minimum absolute atomic E-state index is 0.0102. The standard InChI is InChI=1S/C18H26N2O3S/c1-2-23-18(22)16-13-8-4-5-9-14(13)24-17(16)19-15(21)12-20-10-6-3-7-11-20/h2-12H2,1H3,(H,19,21)/p+1. The van der Waals surface area contributed by atoms with Crippen molar-refractivity contribution in [2.75, 3.05) is 31.6 Å². The van der Waals surface area contributed by atoms with Gasteiger partial charge in [-0.3, -0.25) is 4.79 Å². The Labute approximate surface area is 147 Å². The van der Waals surface area contributed by atoms with Crippen LogP contribution in [0, 0.1) is 0 Å². The minimum atomic E-state index is -0.294. The topological polar surface area (TPSA) is 59.8 Å². The molecule has 1 saturated heterocycles. The molecule has 132 valence electrons. The van der Waals surface area contributed by atoms with E-state index in [1.54, 1.807) is 11.3 Å². The number of hydrogen-bond donors (Lipinski definition) is 2. The Morgan fingerprint density at radius 2 is 1.88 bits per heavy atom. The van der Waals surface area contributed by atoms with E-state index in [0.717, 1.165) is 44.3 Å². The normalized spacial score (nSPS) is 18.0. The van der Waals surface area contributed by atoms with Crippen LogP contribution in [0.2, 0.25) is 0 Å². The molecule has 0 atom stereocenters. The van der Waals surface area contributed by atoms with Gasteiger partial charge in [-0.1, -0.05) is 0 Å². The van der Waals surface area contributed by atoms with E-state index < -0.39 is 0 Å². The average Bonchev–Trinajstić information content (AvgIpc) is 2.93. The van der Waals surface area contributed by atoms with Crippen LogP contribution in [0.25, 0.3) is 0 Å². The fourth-order valence-corrected chi connectivity index (χ4v) is 4.99. The van der Waals surface area contributed by atoms with E-state index in [1.165, 1.54) is 29.0 Å². The zero-order chi connectivity index (χ0) is 16.9. The van der Waals surface area contributed by atoms with E-state index in [1.807, 2.05) is 6.92 Å². The highest BCUT2D eigenvalue weighted by atomic mass is 32.1. The molecular formula is C18H27N2O3S+. The molecule has 1 aliphatic carbocycles. The third-order valence-electron chi connectivity index (χ3n) is 4.88. The zero-order valence-corrected chi connectivity index (χ0v) is 15.2. The highest BCUT2D eigenvalue weighted by Crippen LogP contribution is 2.38. The highest BCUT2D eigenvalue weighted by molar-refractivity contribution is 7.17. The number of carbonyl (C=O) groups is 2. The van der Waals surface area contributed by atoms with Gasteiger partial charge in [0.2, 0.25) is 0 Å².